The summed E-state index contributed by atoms with van der Waals surface area (Å²) < 4.78 is 38.8. The third kappa shape index (κ3) is 4.24. The Morgan fingerprint density at radius 1 is 1.00 bits per heavy atom. The minimum absolute atomic E-state index is 0.434. The lowest BCUT2D eigenvalue weighted by Gasteiger charge is -2.13. The van der Waals surface area contributed by atoms with Crippen LogP contribution in [0.4, 0.5) is 18.9 Å². The summed E-state index contributed by atoms with van der Waals surface area (Å²) in [5, 5.41) is 3.05. The molecule has 0 aliphatic carbocycles. The number of hydrogen-bond acceptors (Lipinski definition) is 1. The van der Waals surface area contributed by atoms with Gasteiger partial charge in [-0.15, -0.1) is 0 Å². The standard InChI is InChI=1S/C16H15BrF3N/c1-10-5-11(2)7-12(6-10)9-21-15-8-13(16(18,19)20)3-4-14(15)17/h3-8,21H,9H2,1-2H3. The summed E-state index contributed by atoms with van der Waals surface area (Å²) in [6, 6.07) is 9.68. The largest absolute Gasteiger partial charge is 0.416 e. The van der Waals surface area contributed by atoms with Gasteiger partial charge in [-0.2, -0.15) is 13.2 Å². The van der Waals surface area contributed by atoms with Crippen molar-refractivity contribution in [2.45, 2.75) is 26.6 Å². The molecule has 2 rings (SSSR count). The average Bonchev–Trinajstić information content (AvgIpc) is 2.35. The zero-order chi connectivity index (χ0) is 15.6. The summed E-state index contributed by atoms with van der Waals surface area (Å²) in [5.74, 6) is 0. The molecule has 0 aromatic heterocycles. The Morgan fingerprint density at radius 3 is 2.19 bits per heavy atom. The highest BCUT2D eigenvalue weighted by Crippen LogP contribution is 2.34. The molecule has 0 heterocycles. The summed E-state index contributed by atoms with van der Waals surface area (Å²) in [6.45, 7) is 4.47. The molecule has 112 valence electrons. The van der Waals surface area contributed by atoms with Gasteiger partial charge < -0.3 is 5.32 Å². The van der Waals surface area contributed by atoms with Crippen molar-refractivity contribution < 1.29 is 13.2 Å². The molecule has 5 heteroatoms. The SMILES string of the molecule is Cc1cc(C)cc(CNc2cc(C(F)(F)F)ccc2Br)c1. The monoisotopic (exact) mass is 357 g/mol. The molecule has 2 aromatic carbocycles. The van der Waals surface area contributed by atoms with Gasteiger partial charge in [-0.1, -0.05) is 29.3 Å². The zero-order valence-electron chi connectivity index (χ0n) is 11.7. The smallest absolute Gasteiger partial charge is 0.380 e. The number of alkyl halides is 3. The lowest BCUT2D eigenvalue weighted by Crippen LogP contribution is -2.07. The third-order valence-corrected chi connectivity index (χ3v) is 3.75. The number of anilines is 1. The van der Waals surface area contributed by atoms with Gasteiger partial charge in [-0.3, -0.25) is 0 Å². The summed E-state index contributed by atoms with van der Waals surface area (Å²) in [4.78, 5) is 0. The molecule has 0 saturated heterocycles. The number of halogens is 4. The zero-order valence-corrected chi connectivity index (χ0v) is 13.3. The Balaban J connectivity index is 2.19. The van der Waals surface area contributed by atoms with Crippen LogP contribution in [0.15, 0.2) is 40.9 Å². The minimum Gasteiger partial charge on any atom is -0.380 e. The first-order chi connectivity index (χ1) is 9.75. The van der Waals surface area contributed by atoms with Gasteiger partial charge in [0.1, 0.15) is 0 Å². The number of aryl methyl sites for hydroxylation is 2. The van der Waals surface area contributed by atoms with E-state index in [9.17, 15) is 13.2 Å². The topological polar surface area (TPSA) is 12.0 Å². The molecule has 1 nitrogen and oxygen atoms in total. The first-order valence-electron chi connectivity index (χ1n) is 6.43. The van der Waals surface area contributed by atoms with Crippen LogP contribution in [0.1, 0.15) is 22.3 Å². The van der Waals surface area contributed by atoms with Crippen LogP contribution >= 0.6 is 15.9 Å². The van der Waals surface area contributed by atoms with Crippen molar-refractivity contribution in [2.75, 3.05) is 5.32 Å². The van der Waals surface area contributed by atoms with Gasteiger partial charge in [0.05, 0.1) is 5.56 Å². The molecule has 0 radical (unpaired) electrons. The van der Waals surface area contributed by atoms with E-state index in [-0.39, 0.29) is 0 Å². The fourth-order valence-corrected chi connectivity index (χ4v) is 2.59. The quantitative estimate of drug-likeness (QED) is 0.743. The van der Waals surface area contributed by atoms with Crippen molar-refractivity contribution in [3.8, 4) is 0 Å². The molecule has 0 atom stereocenters. The molecule has 0 aliphatic rings. The van der Waals surface area contributed by atoms with Crippen molar-refractivity contribution in [1.29, 1.82) is 0 Å². The van der Waals surface area contributed by atoms with Gasteiger partial charge in [0.2, 0.25) is 0 Å². The molecule has 0 amide bonds. The van der Waals surface area contributed by atoms with Crippen LogP contribution in [0.5, 0.6) is 0 Å². The highest BCUT2D eigenvalue weighted by Gasteiger charge is 2.30. The van der Waals surface area contributed by atoms with E-state index in [0.29, 0.717) is 16.7 Å². The minimum atomic E-state index is -4.34. The Labute approximate surface area is 130 Å². The second-order valence-corrected chi connectivity index (χ2v) is 5.90. The average molecular weight is 358 g/mol. The maximum atomic E-state index is 12.7. The van der Waals surface area contributed by atoms with E-state index in [0.717, 1.165) is 28.8 Å². The molecule has 0 aliphatic heterocycles. The molecule has 1 N–H and O–H groups in total. The molecular weight excluding hydrogens is 343 g/mol. The van der Waals surface area contributed by atoms with E-state index < -0.39 is 11.7 Å². The molecule has 0 fully saturated rings. The van der Waals surface area contributed by atoms with E-state index in [4.69, 9.17) is 0 Å². The van der Waals surface area contributed by atoms with Crippen LogP contribution in [-0.2, 0) is 12.7 Å². The Morgan fingerprint density at radius 2 is 1.62 bits per heavy atom. The third-order valence-electron chi connectivity index (χ3n) is 3.06. The Hall–Kier alpha value is -1.49. The van der Waals surface area contributed by atoms with Crippen molar-refractivity contribution in [3.63, 3.8) is 0 Å². The fourth-order valence-electron chi connectivity index (χ4n) is 2.21. The fraction of sp³-hybridized carbons (Fsp3) is 0.250. The second kappa shape index (κ2) is 6.10. The lowest BCUT2D eigenvalue weighted by molar-refractivity contribution is -0.137. The van der Waals surface area contributed by atoms with E-state index in [1.165, 1.54) is 6.07 Å². The maximum Gasteiger partial charge on any atom is 0.416 e. The predicted octanol–water partition coefficient (Wildman–Crippen LogP) is 5.70. The summed E-state index contributed by atoms with van der Waals surface area (Å²) in [5.41, 5.74) is 3.08. The van der Waals surface area contributed by atoms with Crippen LogP contribution in [-0.4, -0.2) is 0 Å². The van der Waals surface area contributed by atoms with Crippen LogP contribution in [0.25, 0.3) is 0 Å². The van der Waals surface area contributed by atoms with Crippen molar-refractivity contribution in [1.82, 2.24) is 0 Å². The Bertz CT molecular complexity index is 630. The van der Waals surface area contributed by atoms with Crippen molar-refractivity contribution in [3.05, 3.63) is 63.1 Å². The van der Waals surface area contributed by atoms with Crippen molar-refractivity contribution in [2.24, 2.45) is 0 Å². The number of nitrogens with one attached hydrogen (secondary N) is 1. The normalized spacial score (nSPS) is 11.5. The molecule has 2 aromatic rings. The number of rotatable bonds is 3. The second-order valence-electron chi connectivity index (χ2n) is 5.04. The van der Waals surface area contributed by atoms with Crippen molar-refractivity contribution >= 4 is 21.6 Å². The summed E-state index contributed by atoms with van der Waals surface area (Å²) in [6.07, 6.45) is -4.34. The van der Waals surface area contributed by atoms with Gasteiger partial charge in [-0.25, -0.2) is 0 Å². The van der Waals surface area contributed by atoms with E-state index in [1.807, 2.05) is 26.0 Å². The van der Waals surface area contributed by atoms with Crippen LogP contribution in [0, 0.1) is 13.8 Å². The van der Waals surface area contributed by atoms with Gasteiger partial charge in [0.25, 0.3) is 0 Å². The van der Waals surface area contributed by atoms with Gasteiger partial charge in [-0.05, 0) is 53.5 Å². The van der Waals surface area contributed by atoms with E-state index in [2.05, 4.69) is 27.3 Å². The lowest BCUT2D eigenvalue weighted by atomic mass is 10.1. The van der Waals surface area contributed by atoms with Gasteiger partial charge in [0.15, 0.2) is 0 Å². The van der Waals surface area contributed by atoms with E-state index >= 15 is 0 Å². The highest BCUT2D eigenvalue weighted by atomic mass is 79.9. The molecule has 0 spiro atoms. The molecular formula is C16H15BrF3N. The summed E-state index contributed by atoms with van der Waals surface area (Å²) >= 11 is 3.27. The van der Waals surface area contributed by atoms with Gasteiger partial charge in [0, 0.05) is 16.7 Å². The number of hydrogen-bond donors (Lipinski definition) is 1. The maximum absolute atomic E-state index is 12.7. The number of benzene rings is 2. The Kier molecular flexibility index (Phi) is 4.61. The molecule has 0 saturated carbocycles. The van der Waals surface area contributed by atoms with E-state index in [1.54, 1.807) is 0 Å². The first-order valence-corrected chi connectivity index (χ1v) is 7.23. The van der Waals surface area contributed by atoms with Crippen LogP contribution < -0.4 is 5.32 Å². The molecule has 21 heavy (non-hydrogen) atoms. The predicted molar refractivity (Wildman–Crippen MR) is 82.4 cm³/mol. The molecule has 0 bridgehead atoms. The molecule has 0 unspecified atom stereocenters. The van der Waals surface area contributed by atoms with Crippen LogP contribution in [0.2, 0.25) is 0 Å². The first kappa shape index (κ1) is 15.9. The highest BCUT2D eigenvalue weighted by molar-refractivity contribution is 9.10. The summed E-state index contributed by atoms with van der Waals surface area (Å²) in [7, 11) is 0. The van der Waals surface area contributed by atoms with Crippen LogP contribution in [0.3, 0.4) is 0 Å². The van der Waals surface area contributed by atoms with Gasteiger partial charge >= 0.3 is 6.18 Å².